The van der Waals surface area contributed by atoms with E-state index in [1.807, 2.05) is 0 Å². The Kier molecular flexibility index (Phi) is 4.59. The third-order valence-electron chi connectivity index (χ3n) is 2.55. The second-order valence-electron chi connectivity index (χ2n) is 4.19. The Morgan fingerprint density at radius 3 is 2.76 bits per heavy atom. The highest BCUT2D eigenvalue weighted by atomic mass is 32.1. The molecule has 0 spiro atoms. The first kappa shape index (κ1) is 15.5. The van der Waals surface area contributed by atoms with Crippen LogP contribution in [0.2, 0.25) is 0 Å². The van der Waals surface area contributed by atoms with E-state index in [1.165, 1.54) is 23.5 Å². The smallest absolute Gasteiger partial charge is 0.390 e. The molecule has 1 aromatic carbocycles. The van der Waals surface area contributed by atoms with Gasteiger partial charge in [0.25, 0.3) is 0 Å². The maximum atomic E-state index is 12.5. The van der Waals surface area contributed by atoms with Gasteiger partial charge in [-0.3, -0.25) is 4.79 Å². The fourth-order valence-electron chi connectivity index (χ4n) is 1.62. The average molecular weight is 316 g/mol. The van der Waals surface area contributed by atoms with Crippen LogP contribution in [0.3, 0.4) is 0 Å². The third kappa shape index (κ3) is 4.27. The largest absolute Gasteiger partial charge is 0.416 e. The molecule has 1 amide bonds. The second kappa shape index (κ2) is 6.23. The highest BCUT2D eigenvalue weighted by Gasteiger charge is 2.30. The number of halogens is 3. The molecule has 0 saturated heterocycles. The van der Waals surface area contributed by atoms with E-state index in [0.29, 0.717) is 10.7 Å². The van der Waals surface area contributed by atoms with E-state index in [0.717, 1.165) is 12.1 Å². The molecule has 1 heterocycles. The number of anilines is 1. The molecule has 0 aliphatic heterocycles. The van der Waals surface area contributed by atoms with Crippen LogP contribution < -0.4 is 5.32 Å². The van der Waals surface area contributed by atoms with Gasteiger partial charge >= 0.3 is 6.18 Å². The van der Waals surface area contributed by atoms with Gasteiger partial charge in [0.15, 0.2) is 0 Å². The predicted octanol–water partition coefficient (Wildman–Crippen LogP) is 2.84. The van der Waals surface area contributed by atoms with Crippen LogP contribution in [-0.2, 0) is 24.0 Å². The van der Waals surface area contributed by atoms with Crippen molar-refractivity contribution in [1.82, 2.24) is 4.98 Å². The number of alkyl halides is 3. The number of rotatable bonds is 4. The minimum Gasteiger partial charge on any atom is -0.390 e. The van der Waals surface area contributed by atoms with E-state index in [1.54, 1.807) is 5.38 Å². The molecule has 0 radical (unpaired) electrons. The molecule has 112 valence electrons. The van der Waals surface area contributed by atoms with Crippen LogP contribution in [0.5, 0.6) is 0 Å². The van der Waals surface area contributed by atoms with Crippen molar-refractivity contribution in [3.05, 3.63) is 45.9 Å². The van der Waals surface area contributed by atoms with E-state index in [9.17, 15) is 18.0 Å². The van der Waals surface area contributed by atoms with Crippen molar-refractivity contribution in [1.29, 1.82) is 0 Å². The molecule has 0 atom stereocenters. The van der Waals surface area contributed by atoms with E-state index in [2.05, 4.69) is 10.3 Å². The first-order valence-corrected chi connectivity index (χ1v) is 6.77. The predicted molar refractivity (Wildman–Crippen MR) is 71.8 cm³/mol. The number of amides is 1. The summed E-state index contributed by atoms with van der Waals surface area (Å²) < 4.78 is 37.6. The fraction of sp³-hybridized carbons (Fsp3) is 0.231. The second-order valence-corrected chi connectivity index (χ2v) is 5.14. The molecule has 0 aliphatic rings. The lowest BCUT2D eigenvalue weighted by Gasteiger charge is -2.09. The number of nitrogens with zero attached hydrogens (tertiary/aromatic N) is 1. The van der Waals surface area contributed by atoms with Crippen LogP contribution in [0, 0.1) is 0 Å². The molecule has 0 bridgehead atoms. The zero-order valence-electron chi connectivity index (χ0n) is 10.6. The van der Waals surface area contributed by atoms with Gasteiger partial charge < -0.3 is 10.4 Å². The minimum atomic E-state index is -4.45. The van der Waals surface area contributed by atoms with Crippen molar-refractivity contribution >= 4 is 22.9 Å². The number of hydrogen-bond acceptors (Lipinski definition) is 4. The Bertz CT molecular complexity index is 640. The van der Waals surface area contributed by atoms with Gasteiger partial charge in [0, 0.05) is 11.1 Å². The number of carbonyl (C=O) groups is 1. The summed E-state index contributed by atoms with van der Waals surface area (Å²) in [5, 5.41) is 13.4. The van der Waals surface area contributed by atoms with Crippen molar-refractivity contribution in [3.63, 3.8) is 0 Å². The molecule has 2 N–H and O–H groups in total. The van der Waals surface area contributed by atoms with Crippen LogP contribution in [0.25, 0.3) is 0 Å². The zero-order chi connectivity index (χ0) is 15.5. The lowest BCUT2D eigenvalue weighted by Crippen LogP contribution is -2.15. The van der Waals surface area contributed by atoms with E-state index in [4.69, 9.17) is 5.11 Å². The molecule has 21 heavy (non-hydrogen) atoms. The molecule has 2 aromatic rings. The molecular weight excluding hydrogens is 305 g/mol. The molecule has 0 fully saturated rings. The Labute approximate surface area is 122 Å². The van der Waals surface area contributed by atoms with Crippen molar-refractivity contribution in [2.45, 2.75) is 19.2 Å². The van der Waals surface area contributed by atoms with Crippen molar-refractivity contribution < 1.29 is 23.1 Å². The lowest BCUT2D eigenvalue weighted by molar-refractivity contribution is -0.137. The van der Waals surface area contributed by atoms with E-state index < -0.39 is 17.6 Å². The zero-order valence-corrected chi connectivity index (χ0v) is 11.5. The number of carbonyl (C=O) groups excluding carboxylic acids is 1. The quantitative estimate of drug-likeness (QED) is 0.912. The Morgan fingerprint density at radius 2 is 2.14 bits per heavy atom. The first-order chi connectivity index (χ1) is 9.88. The average Bonchev–Trinajstić information content (AvgIpc) is 2.85. The Hall–Kier alpha value is -1.93. The van der Waals surface area contributed by atoms with Crippen LogP contribution in [0.15, 0.2) is 29.6 Å². The van der Waals surface area contributed by atoms with Gasteiger partial charge in [-0.15, -0.1) is 11.3 Å². The monoisotopic (exact) mass is 316 g/mol. The fourth-order valence-corrected chi connectivity index (χ4v) is 2.40. The van der Waals surface area contributed by atoms with Gasteiger partial charge in [-0.1, -0.05) is 6.07 Å². The summed E-state index contributed by atoms with van der Waals surface area (Å²) in [5.74, 6) is -0.465. The summed E-state index contributed by atoms with van der Waals surface area (Å²) in [5.41, 5.74) is -0.284. The van der Waals surface area contributed by atoms with Crippen LogP contribution in [0.4, 0.5) is 18.9 Å². The molecule has 0 saturated carbocycles. The first-order valence-electron chi connectivity index (χ1n) is 5.90. The summed E-state index contributed by atoms with van der Waals surface area (Å²) in [6, 6.07) is 4.42. The number of benzene rings is 1. The van der Waals surface area contributed by atoms with Crippen molar-refractivity contribution in [2.24, 2.45) is 0 Å². The van der Waals surface area contributed by atoms with E-state index in [-0.39, 0.29) is 18.7 Å². The number of nitrogens with one attached hydrogen (secondary N) is 1. The molecule has 0 aliphatic carbocycles. The van der Waals surface area contributed by atoms with Crippen LogP contribution in [-0.4, -0.2) is 16.0 Å². The lowest BCUT2D eigenvalue weighted by atomic mass is 10.2. The molecule has 1 aromatic heterocycles. The highest BCUT2D eigenvalue weighted by Crippen LogP contribution is 2.30. The molecule has 2 rings (SSSR count). The van der Waals surface area contributed by atoms with Gasteiger partial charge in [-0.25, -0.2) is 4.98 Å². The Morgan fingerprint density at radius 1 is 1.38 bits per heavy atom. The molecule has 8 heteroatoms. The van der Waals surface area contributed by atoms with Gasteiger partial charge in [0.05, 0.1) is 24.3 Å². The van der Waals surface area contributed by atoms with Crippen molar-refractivity contribution in [3.8, 4) is 0 Å². The summed E-state index contributed by atoms with van der Waals surface area (Å²) in [7, 11) is 0. The summed E-state index contributed by atoms with van der Waals surface area (Å²) in [4.78, 5) is 15.7. The van der Waals surface area contributed by atoms with Gasteiger partial charge in [-0.2, -0.15) is 13.2 Å². The third-order valence-corrected chi connectivity index (χ3v) is 3.44. The van der Waals surface area contributed by atoms with Crippen molar-refractivity contribution in [2.75, 3.05) is 5.32 Å². The topological polar surface area (TPSA) is 62.2 Å². The van der Waals surface area contributed by atoms with Gasteiger partial charge in [0.1, 0.15) is 5.01 Å². The maximum Gasteiger partial charge on any atom is 0.416 e. The summed E-state index contributed by atoms with van der Waals surface area (Å²) in [6.45, 7) is -0.217. The molecular formula is C13H11F3N2O2S. The SMILES string of the molecule is O=C(Cc1nc(CO)cs1)Nc1cccc(C(F)(F)F)c1. The number of aliphatic hydroxyl groups is 1. The minimum absolute atomic E-state index is 0.0547. The summed E-state index contributed by atoms with van der Waals surface area (Å²) in [6.07, 6.45) is -4.51. The normalized spacial score (nSPS) is 11.4. The number of hydrogen-bond donors (Lipinski definition) is 2. The number of aromatic nitrogens is 1. The van der Waals surface area contributed by atoms with Crippen LogP contribution in [0.1, 0.15) is 16.3 Å². The summed E-state index contributed by atoms with van der Waals surface area (Å²) >= 11 is 1.21. The molecule has 0 unspecified atom stereocenters. The molecule has 4 nitrogen and oxygen atoms in total. The van der Waals surface area contributed by atoms with E-state index >= 15 is 0 Å². The number of thiazole rings is 1. The van der Waals surface area contributed by atoms with Gasteiger partial charge in [0.2, 0.25) is 5.91 Å². The highest BCUT2D eigenvalue weighted by molar-refractivity contribution is 7.09. The van der Waals surface area contributed by atoms with Gasteiger partial charge in [-0.05, 0) is 18.2 Å². The Balaban J connectivity index is 2.02. The van der Waals surface area contributed by atoms with Crippen LogP contribution >= 0.6 is 11.3 Å². The number of aliphatic hydroxyl groups excluding tert-OH is 1. The standard InChI is InChI=1S/C13H11F3N2O2S/c14-13(15,16)8-2-1-3-9(4-8)17-11(20)5-12-18-10(6-19)7-21-12/h1-4,7,19H,5-6H2,(H,17,20). The maximum absolute atomic E-state index is 12.5.